The van der Waals surface area contributed by atoms with Crippen LogP contribution in [0.15, 0.2) is 59.1 Å². The number of halogens is 2. The molecule has 1 amide bonds. The maximum absolute atomic E-state index is 12.4. The molecule has 2 N–H and O–H groups in total. The topological polar surface area (TPSA) is 80.1 Å². The maximum atomic E-state index is 12.4. The molecule has 0 aliphatic rings. The second-order valence-corrected chi connectivity index (χ2v) is 7.66. The predicted octanol–water partition coefficient (Wildman–Crippen LogP) is 5.63. The fourth-order valence-corrected chi connectivity index (χ4v) is 3.40. The van der Waals surface area contributed by atoms with Gasteiger partial charge in [0.1, 0.15) is 0 Å². The molecule has 2 aromatic carbocycles. The molecule has 0 fully saturated rings. The number of fused-ring (bicyclic) bond motifs is 1. The maximum Gasteiger partial charge on any atom is 0.258 e. The van der Waals surface area contributed by atoms with Gasteiger partial charge in [0.15, 0.2) is 16.3 Å². The molecule has 0 radical (unpaired) electrons. The molecular formula is C21H14Cl2N4O2S. The molecule has 0 unspecified atom stereocenters. The zero-order valence-electron chi connectivity index (χ0n) is 15.6. The van der Waals surface area contributed by atoms with Crippen LogP contribution in [0.25, 0.3) is 22.7 Å². The first kappa shape index (κ1) is 20.3. The summed E-state index contributed by atoms with van der Waals surface area (Å²) in [6, 6.07) is 13.8. The molecule has 150 valence electrons. The Hall–Kier alpha value is -3.00. The monoisotopic (exact) mass is 456 g/mol. The number of benzene rings is 2. The van der Waals surface area contributed by atoms with E-state index in [4.69, 9.17) is 39.8 Å². The zero-order valence-corrected chi connectivity index (χ0v) is 17.9. The number of pyridine rings is 1. The van der Waals surface area contributed by atoms with Crippen molar-refractivity contribution in [3.05, 3.63) is 75.9 Å². The Kier molecular flexibility index (Phi) is 5.67. The molecule has 0 saturated carbocycles. The number of oxazole rings is 1. The lowest BCUT2D eigenvalue weighted by atomic mass is 10.1. The number of rotatable bonds is 3. The molecular weight excluding hydrogens is 443 g/mol. The van der Waals surface area contributed by atoms with Gasteiger partial charge in [-0.15, -0.1) is 0 Å². The van der Waals surface area contributed by atoms with Crippen LogP contribution in [0.4, 0.5) is 5.69 Å². The van der Waals surface area contributed by atoms with E-state index in [1.807, 2.05) is 31.2 Å². The summed E-state index contributed by atoms with van der Waals surface area (Å²) in [7, 11) is 0. The van der Waals surface area contributed by atoms with Crippen molar-refractivity contribution in [2.24, 2.45) is 0 Å². The molecule has 0 spiro atoms. The van der Waals surface area contributed by atoms with Gasteiger partial charge < -0.3 is 9.73 Å². The van der Waals surface area contributed by atoms with Gasteiger partial charge >= 0.3 is 0 Å². The first-order valence-corrected chi connectivity index (χ1v) is 9.97. The van der Waals surface area contributed by atoms with E-state index in [1.54, 1.807) is 24.4 Å². The molecule has 30 heavy (non-hydrogen) atoms. The van der Waals surface area contributed by atoms with E-state index in [-0.39, 0.29) is 15.7 Å². The summed E-state index contributed by atoms with van der Waals surface area (Å²) < 4.78 is 5.75. The zero-order chi connectivity index (χ0) is 21.3. The minimum absolute atomic E-state index is 0.137. The molecule has 0 bridgehead atoms. The Morgan fingerprint density at radius 3 is 2.73 bits per heavy atom. The summed E-state index contributed by atoms with van der Waals surface area (Å²) in [5.74, 6) is 0.0260. The van der Waals surface area contributed by atoms with Crippen LogP contribution in [0.5, 0.6) is 0 Å². The number of amides is 1. The van der Waals surface area contributed by atoms with Crippen molar-refractivity contribution in [2.45, 2.75) is 6.92 Å². The van der Waals surface area contributed by atoms with E-state index in [0.29, 0.717) is 22.1 Å². The van der Waals surface area contributed by atoms with Crippen LogP contribution < -0.4 is 10.6 Å². The lowest BCUT2D eigenvalue weighted by molar-refractivity contribution is 0.0978. The molecule has 0 atom stereocenters. The third-order valence-electron chi connectivity index (χ3n) is 4.29. The van der Waals surface area contributed by atoms with Crippen LogP contribution in [-0.2, 0) is 0 Å². The standard InChI is InChI=1S/C21H14Cl2N4O2S/c1-11-9-12(20-26-18-17(29-20)3-2-8-24-18)4-7-16(11)25-21(30)27-19(28)14-10-13(22)5-6-15(14)23/h2-10H,1H3,(H2,25,27,28,30). The van der Waals surface area contributed by atoms with E-state index in [9.17, 15) is 4.79 Å². The van der Waals surface area contributed by atoms with Crippen molar-refractivity contribution < 1.29 is 9.21 Å². The number of hydrogen-bond acceptors (Lipinski definition) is 5. The number of hydrogen-bond donors (Lipinski definition) is 2. The summed E-state index contributed by atoms with van der Waals surface area (Å²) in [5.41, 5.74) is 3.84. The third kappa shape index (κ3) is 4.28. The molecule has 6 nitrogen and oxygen atoms in total. The SMILES string of the molecule is Cc1cc(-c2nc3ncccc3o2)ccc1NC(=S)NC(=O)c1cc(Cl)ccc1Cl. The molecule has 0 aliphatic heterocycles. The summed E-state index contributed by atoms with van der Waals surface area (Å²) in [4.78, 5) is 21.0. The Morgan fingerprint density at radius 2 is 1.97 bits per heavy atom. The van der Waals surface area contributed by atoms with Gasteiger partial charge in [0.25, 0.3) is 5.91 Å². The van der Waals surface area contributed by atoms with Crippen molar-refractivity contribution in [3.8, 4) is 11.5 Å². The number of aryl methyl sites for hydroxylation is 1. The summed E-state index contributed by atoms with van der Waals surface area (Å²) >= 11 is 17.3. The second-order valence-electron chi connectivity index (χ2n) is 6.41. The number of thiocarbonyl (C=S) groups is 1. The molecule has 0 saturated heterocycles. The van der Waals surface area contributed by atoms with Crippen molar-refractivity contribution in [2.75, 3.05) is 5.32 Å². The van der Waals surface area contributed by atoms with Gasteiger partial charge in [0.05, 0.1) is 10.6 Å². The van der Waals surface area contributed by atoms with Crippen molar-refractivity contribution >= 4 is 63.4 Å². The molecule has 9 heteroatoms. The van der Waals surface area contributed by atoms with Gasteiger partial charge in [-0.3, -0.25) is 10.1 Å². The van der Waals surface area contributed by atoms with Crippen molar-refractivity contribution in [3.63, 3.8) is 0 Å². The van der Waals surface area contributed by atoms with Gasteiger partial charge in [-0.2, -0.15) is 4.98 Å². The number of anilines is 1. The second kappa shape index (κ2) is 8.39. The number of carbonyl (C=O) groups excluding carboxylic acids is 1. The largest absolute Gasteiger partial charge is 0.434 e. The highest BCUT2D eigenvalue weighted by molar-refractivity contribution is 7.80. The van der Waals surface area contributed by atoms with Crippen molar-refractivity contribution in [1.82, 2.24) is 15.3 Å². The highest BCUT2D eigenvalue weighted by atomic mass is 35.5. The first-order chi connectivity index (χ1) is 14.4. The lowest BCUT2D eigenvalue weighted by Crippen LogP contribution is -2.34. The van der Waals surface area contributed by atoms with Crippen LogP contribution in [0.1, 0.15) is 15.9 Å². The fraction of sp³-hybridized carbons (Fsp3) is 0.0476. The van der Waals surface area contributed by atoms with Crippen LogP contribution in [0.2, 0.25) is 10.0 Å². The van der Waals surface area contributed by atoms with Gasteiger partial charge in [0, 0.05) is 22.5 Å². The molecule has 4 rings (SSSR count). The normalized spacial score (nSPS) is 10.8. The van der Waals surface area contributed by atoms with E-state index >= 15 is 0 Å². The number of carbonyl (C=O) groups is 1. The van der Waals surface area contributed by atoms with E-state index in [1.165, 1.54) is 6.07 Å². The number of nitrogens with zero attached hydrogens (tertiary/aromatic N) is 2. The highest BCUT2D eigenvalue weighted by Crippen LogP contribution is 2.27. The van der Waals surface area contributed by atoms with E-state index in [0.717, 1.165) is 16.8 Å². The predicted molar refractivity (Wildman–Crippen MR) is 122 cm³/mol. The van der Waals surface area contributed by atoms with E-state index in [2.05, 4.69) is 20.6 Å². The summed E-state index contributed by atoms with van der Waals surface area (Å²) in [5, 5.41) is 6.44. The summed E-state index contributed by atoms with van der Waals surface area (Å²) in [6.45, 7) is 1.91. The Morgan fingerprint density at radius 1 is 1.13 bits per heavy atom. The molecule has 4 aromatic rings. The van der Waals surface area contributed by atoms with Gasteiger partial charge in [-0.25, -0.2) is 4.98 Å². The van der Waals surface area contributed by atoms with Crippen LogP contribution in [0.3, 0.4) is 0 Å². The van der Waals surface area contributed by atoms with Crippen LogP contribution in [-0.4, -0.2) is 21.0 Å². The van der Waals surface area contributed by atoms with Gasteiger partial charge in [0.2, 0.25) is 5.89 Å². The van der Waals surface area contributed by atoms with Crippen molar-refractivity contribution in [1.29, 1.82) is 0 Å². The smallest absolute Gasteiger partial charge is 0.258 e. The Labute approximate surface area is 187 Å². The fourth-order valence-electron chi connectivity index (χ4n) is 2.82. The molecule has 2 heterocycles. The van der Waals surface area contributed by atoms with Gasteiger partial charge in [-0.05, 0) is 73.2 Å². The highest BCUT2D eigenvalue weighted by Gasteiger charge is 2.14. The number of nitrogens with one attached hydrogen (secondary N) is 2. The minimum atomic E-state index is -0.451. The Bertz CT molecular complexity index is 1260. The minimum Gasteiger partial charge on any atom is -0.434 e. The van der Waals surface area contributed by atoms with Crippen LogP contribution >= 0.6 is 35.4 Å². The van der Waals surface area contributed by atoms with Crippen LogP contribution in [0, 0.1) is 6.92 Å². The first-order valence-electron chi connectivity index (χ1n) is 8.80. The molecule has 0 aliphatic carbocycles. The molecule has 2 aromatic heterocycles. The average molecular weight is 457 g/mol. The average Bonchev–Trinajstić information content (AvgIpc) is 3.15. The quantitative estimate of drug-likeness (QED) is 0.388. The van der Waals surface area contributed by atoms with Gasteiger partial charge in [-0.1, -0.05) is 23.2 Å². The Balaban J connectivity index is 1.48. The van der Waals surface area contributed by atoms with E-state index < -0.39 is 5.91 Å². The summed E-state index contributed by atoms with van der Waals surface area (Å²) in [6.07, 6.45) is 1.67. The number of aromatic nitrogens is 2. The lowest BCUT2D eigenvalue weighted by Gasteiger charge is -2.13. The third-order valence-corrected chi connectivity index (χ3v) is 5.06.